The molecule has 0 amide bonds. The van der Waals surface area contributed by atoms with Crippen LogP contribution in [-0.4, -0.2) is 21.3 Å². The normalized spacial score (nSPS) is 23.7. The monoisotopic (exact) mass is 264 g/mol. The van der Waals surface area contributed by atoms with Gasteiger partial charge in [-0.05, 0) is 31.2 Å². The summed E-state index contributed by atoms with van der Waals surface area (Å²) in [6.45, 7) is 7.48. The van der Waals surface area contributed by atoms with Crippen molar-refractivity contribution in [2.24, 2.45) is 11.8 Å². The molecule has 1 aromatic rings. The van der Waals surface area contributed by atoms with Crippen LogP contribution < -0.4 is 5.32 Å². The lowest BCUT2D eigenvalue weighted by Gasteiger charge is -2.26. The fourth-order valence-electron chi connectivity index (χ4n) is 2.95. The molecule has 0 saturated heterocycles. The van der Waals surface area contributed by atoms with Crippen LogP contribution in [0.3, 0.4) is 0 Å². The Morgan fingerprint density at radius 2 is 2.11 bits per heavy atom. The number of aromatic nitrogens is 3. The van der Waals surface area contributed by atoms with Gasteiger partial charge in [0.1, 0.15) is 12.2 Å². The van der Waals surface area contributed by atoms with Crippen LogP contribution in [-0.2, 0) is 13.1 Å². The fourth-order valence-corrected chi connectivity index (χ4v) is 2.95. The van der Waals surface area contributed by atoms with Crippen LogP contribution in [0, 0.1) is 11.8 Å². The summed E-state index contributed by atoms with van der Waals surface area (Å²) in [4.78, 5) is 4.32. The molecule has 0 aromatic carbocycles. The van der Waals surface area contributed by atoms with Crippen molar-refractivity contribution in [1.82, 2.24) is 20.1 Å². The minimum Gasteiger partial charge on any atom is -0.310 e. The van der Waals surface area contributed by atoms with Crippen LogP contribution >= 0.6 is 0 Å². The smallest absolute Gasteiger partial charge is 0.140 e. The predicted molar refractivity (Wildman–Crippen MR) is 77.8 cm³/mol. The van der Waals surface area contributed by atoms with E-state index in [1.165, 1.54) is 32.1 Å². The van der Waals surface area contributed by atoms with Gasteiger partial charge >= 0.3 is 0 Å². The zero-order valence-corrected chi connectivity index (χ0v) is 12.4. The molecule has 1 aromatic heterocycles. The van der Waals surface area contributed by atoms with E-state index >= 15 is 0 Å². The minimum absolute atomic E-state index is 0.850. The van der Waals surface area contributed by atoms with Gasteiger partial charge in [0.05, 0.1) is 6.54 Å². The van der Waals surface area contributed by atoms with Gasteiger partial charge in [-0.25, -0.2) is 9.67 Å². The van der Waals surface area contributed by atoms with Gasteiger partial charge < -0.3 is 5.32 Å². The summed E-state index contributed by atoms with van der Waals surface area (Å²) in [5.74, 6) is 2.97. The van der Waals surface area contributed by atoms with Crippen molar-refractivity contribution in [2.45, 2.75) is 65.5 Å². The lowest BCUT2D eigenvalue weighted by Crippen LogP contribution is -2.22. The highest BCUT2D eigenvalue weighted by Crippen LogP contribution is 2.29. The van der Waals surface area contributed by atoms with Crippen LogP contribution in [0.2, 0.25) is 0 Å². The average molecular weight is 264 g/mol. The van der Waals surface area contributed by atoms with E-state index in [1.54, 1.807) is 6.33 Å². The number of rotatable bonds is 7. The van der Waals surface area contributed by atoms with Gasteiger partial charge in [0.2, 0.25) is 0 Å². The molecule has 0 aliphatic heterocycles. The molecular weight excluding hydrogens is 236 g/mol. The zero-order valence-electron chi connectivity index (χ0n) is 12.4. The fraction of sp³-hybridized carbons (Fsp3) is 0.867. The molecule has 19 heavy (non-hydrogen) atoms. The van der Waals surface area contributed by atoms with Crippen LogP contribution in [0.25, 0.3) is 0 Å². The molecule has 1 heterocycles. The first kappa shape index (κ1) is 14.5. The van der Waals surface area contributed by atoms with E-state index < -0.39 is 0 Å². The minimum atomic E-state index is 0.850. The quantitative estimate of drug-likeness (QED) is 0.770. The molecule has 4 heteroatoms. The number of aryl methyl sites for hydroxylation is 1. The first-order valence-corrected chi connectivity index (χ1v) is 7.87. The van der Waals surface area contributed by atoms with Crippen molar-refractivity contribution in [1.29, 1.82) is 0 Å². The molecule has 0 unspecified atom stereocenters. The van der Waals surface area contributed by atoms with Crippen molar-refractivity contribution in [3.8, 4) is 0 Å². The summed E-state index contributed by atoms with van der Waals surface area (Å²) in [5, 5.41) is 7.77. The maximum atomic E-state index is 4.32. The number of hydrogen-bond donors (Lipinski definition) is 1. The Balaban J connectivity index is 1.62. The van der Waals surface area contributed by atoms with E-state index in [1.807, 2.05) is 4.68 Å². The van der Waals surface area contributed by atoms with Crippen molar-refractivity contribution in [2.75, 3.05) is 6.54 Å². The van der Waals surface area contributed by atoms with Gasteiger partial charge in [-0.2, -0.15) is 5.10 Å². The molecule has 1 aliphatic carbocycles. The van der Waals surface area contributed by atoms with E-state index in [4.69, 9.17) is 0 Å². The average Bonchev–Trinajstić information content (AvgIpc) is 2.85. The van der Waals surface area contributed by atoms with E-state index in [2.05, 4.69) is 29.2 Å². The molecular formula is C15H28N4. The lowest BCUT2D eigenvalue weighted by atomic mass is 9.81. The van der Waals surface area contributed by atoms with Gasteiger partial charge in [-0.15, -0.1) is 0 Å². The number of nitrogens with one attached hydrogen (secondary N) is 1. The Labute approximate surface area is 117 Å². The van der Waals surface area contributed by atoms with Crippen molar-refractivity contribution in [3.63, 3.8) is 0 Å². The van der Waals surface area contributed by atoms with Crippen molar-refractivity contribution < 1.29 is 0 Å². The highest BCUT2D eigenvalue weighted by atomic mass is 15.3. The van der Waals surface area contributed by atoms with Gasteiger partial charge in [-0.1, -0.05) is 39.5 Å². The molecule has 1 aliphatic rings. The standard InChI is InChI=1S/C15H28N4/c1-3-10-19-15(17-12-18-19)11-16-9-8-14-6-4-13(2)5-7-14/h12-14,16H,3-11H2,1-2H3. The maximum absolute atomic E-state index is 4.32. The second-order valence-electron chi connectivity index (χ2n) is 5.99. The molecule has 4 nitrogen and oxygen atoms in total. The second-order valence-corrected chi connectivity index (χ2v) is 5.99. The summed E-state index contributed by atoms with van der Waals surface area (Å²) < 4.78 is 2.01. The topological polar surface area (TPSA) is 42.7 Å². The zero-order chi connectivity index (χ0) is 13.5. The summed E-state index contributed by atoms with van der Waals surface area (Å²) in [6, 6.07) is 0. The van der Waals surface area contributed by atoms with Gasteiger partial charge in [-0.3, -0.25) is 0 Å². The maximum Gasteiger partial charge on any atom is 0.140 e. The van der Waals surface area contributed by atoms with E-state index in [0.29, 0.717) is 0 Å². The first-order chi connectivity index (χ1) is 9.29. The second kappa shape index (κ2) is 7.63. The third-order valence-corrected chi connectivity index (χ3v) is 4.28. The Morgan fingerprint density at radius 1 is 1.32 bits per heavy atom. The largest absolute Gasteiger partial charge is 0.310 e. The van der Waals surface area contributed by atoms with Crippen LogP contribution in [0.15, 0.2) is 6.33 Å². The highest BCUT2D eigenvalue weighted by Gasteiger charge is 2.17. The third kappa shape index (κ3) is 4.60. The highest BCUT2D eigenvalue weighted by molar-refractivity contribution is 4.83. The Morgan fingerprint density at radius 3 is 2.84 bits per heavy atom. The molecule has 108 valence electrons. The Hall–Kier alpha value is -0.900. The van der Waals surface area contributed by atoms with Crippen LogP contribution in [0.4, 0.5) is 0 Å². The van der Waals surface area contributed by atoms with Gasteiger partial charge in [0, 0.05) is 6.54 Å². The van der Waals surface area contributed by atoms with E-state index in [0.717, 1.165) is 43.7 Å². The molecule has 1 fully saturated rings. The van der Waals surface area contributed by atoms with Crippen LogP contribution in [0.1, 0.15) is 58.2 Å². The summed E-state index contributed by atoms with van der Waals surface area (Å²) in [5.41, 5.74) is 0. The lowest BCUT2D eigenvalue weighted by molar-refractivity contribution is 0.275. The Kier molecular flexibility index (Phi) is 5.83. The molecule has 1 N–H and O–H groups in total. The number of hydrogen-bond acceptors (Lipinski definition) is 3. The van der Waals surface area contributed by atoms with Crippen molar-refractivity contribution in [3.05, 3.63) is 12.2 Å². The van der Waals surface area contributed by atoms with Gasteiger partial charge in [0.25, 0.3) is 0 Å². The van der Waals surface area contributed by atoms with E-state index in [9.17, 15) is 0 Å². The predicted octanol–water partition coefficient (Wildman–Crippen LogP) is 2.99. The van der Waals surface area contributed by atoms with Gasteiger partial charge in [0.15, 0.2) is 0 Å². The molecule has 0 bridgehead atoms. The number of nitrogens with zero attached hydrogens (tertiary/aromatic N) is 3. The van der Waals surface area contributed by atoms with Crippen molar-refractivity contribution >= 4 is 0 Å². The molecule has 0 atom stereocenters. The van der Waals surface area contributed by atoms with E-state index in [-0.39, 0.29) is 0 Å². The summed E-state index contributed by atoms with van der Waals surface area (Å²) in [6.07, 6.45) is 9.79. The summed E-state index contributed by atoms with van der Waals surface area (Å²) in [7, 11) is 0. The third-order valence-electron chi connectivity index (χ3n) is 4.28. The summed E-state index contributed by atoms with van der Waals surface area (Å²) >= 11 is 0. The SMILES string of the molecule is CCCn1ncnc1CNCCC1CCC(C)CC1. The molecule has 1 saturated carbocycles. The molecule has 2 rings (SSSR count). The van der Waals surface area contributed by atoms with Crippen LogP contribution in [0.5, 0.6) is 0 Å². The first-order valence-electron chi connectivity index (χ1n) is 7.87. The Bertz CT molecular complexity index is 353. The molecule has 0 spiro atoms. The molecule has 0 radical (unpaired) electrons.